The molecule has 2 aromatic carbocycles. The minimum absolute atomic E-state index is 0.207. The van der Waals surface area contributed by atoms with Gasteiger partial charge >= 0.3 is 0 Å². The quantitative estimate of drug-likeness (QED) is 0.882. The maximum absolute atomic E-state index is 11.9. The topological polar surface area (TPSA) is 46.2 Å². The number of para-hydroxylation sites is 1. The first kappa shape index (κ1) is 10.7. The summed E-state index contributed by atoms with van der Waals surface area (Å²) < 4.78 is 26.2. The van der Waals surface area contributed by atoms with Crippen molar-refractivity contribution in [2.45, 2.75) is 4.90 Å². The van der Waals surface area contributed by atoms with Crippen LogP contribution in [0, 0.1) is 6.07 Å². The lowest BCUT2D eigenvalue weighted by molar-refractivity contribution is 0.601. The van der Waals surface area contributed by atoms with Gasteiger partial charge < -0.3 is 0 Å². The summed E-state index contributed by atoms with van der Waals surface area (Å²) >= 11 is 0. The molecule has 0 saturated heterocycles. The lowest BCUT2D eigenvalue weighted by Crippen LogP contribution is -2.12. The third-order valence-electron chi connectivity index (χ3n) is 2.01. The molecule has 2 rings (SSSR count). The van der Waals surface area contributed by atoms with Crippen LogP contribution in [-0.2, 0) is 10.0 Å². The van der Waals surface area contributed by atoms with Gasteiger partial charge in [-0.1, -0.05) is 30.3 Å². The Kier molecular flexibility index (Phi) is 2.92. The fraction of sp³-hybridized carbons (Fsp3) is 0. The summed E-state index contributed by atoms with van der Waals surface area (Å²) in [4.78, 5) is 0.207. The lowest BCUT2D eigenvalue weighted by atomic mass is 10.3. The molecule has 0 heterocycles. The molecule has 0 aromatic heterocycles. The van der Waals surface area contributed by atoms with Crippen LogP contribution in [0.25, 0.3) is 0 Å². The van der Waals surface area contributed by atoms with E-state index in [9.17, 15) is 8.42 Å². The van der Waals surface area contributed by atoms with Gasteiger partial charge in [0.1, 0.15) is 0 Å². The molecule has 2 aromatic rings. The van der Waals surface area contributed by atoms with Crippen molar-refractivity contribution in [3.05, 3.63) is 60.7 Å². The zero-order valence-corrected chi connectivity index (χ0v) is 9.24. The van der Waals surface area contributed by atoms with Crippen LogP contribution in [0.5, 0.6) is 0 Å². The molecule has 0 saturated carbocycles. The van der Waals surface area contributed by atoms with Crippen LogP contribution in [0.1, 0.15) is 0 Å². The Hall–Kier alpha value is -1.81. The summed E-state index contributed by atoms with van der Waals surface area (Å²) in [7, 11) is -3.49. The average molecular weight is 232 g/mol. The van der Waals surface area contributed by atoms with E-state index in [4.69, 9.17) is 0 Å². The van der Waals surface area contributed by atoms with Crippen molar-refractivity contribution in [1.82, 2.24) is 0 Å². The number of anilines is 1. The Bertz CT molecular complexity index is 550. The molecule has 16 heavy (non-hydrogen) atoms. The van der Waals surface area contributed by atoms with E-state index in [1.165, 1.54) is 12.1 Å². The van der Waals surface area contributed by atoms with E-state index < -0.39 is 10.0 Å². The molecule has 1 radical (unpaired) electrons. The molecule has 0 unspecified atom stereocenters. The van der Waals surface area contributed by atoms with Gasteiger partial charge in [-0.05, 0) is 30.3 Å². The van der Waals surface area contributed by atoms with Gasteiger partial charge in [-0.3, -0.25) is 4.72 Å². The summed E-state index contributed by atoms with van der Waals surface area (Å²) in [5.74, 6) is 0. The van der Waals surface area contributed by atoms with Gasteiger partial charge in [-0.25, -0.2) is 8.42 Å². The fourth-order valence-electron chi connectivity index (χ4n) is 1.26. The average Bonchev–Trinajstić information content (AvgIpc) is 2.31. The van der Waals surface area contributed by atoms with Gasteiger partial charge in [0.25, 0.3) is 10.0 Å². The number of nitrogens with one attached hydrogen (secondary N) is 1. The van der Waals surface area contributed by atoms with Crippen LogP contribution < -0.4 is 4.72 Å². The molecule has 0 bridgehead atoms. The van der Waals surface area contributed by atoms with Gasteiger partial charge in [0.15, 0.2) is 0 Å². The standard InChI is InChI=1S/C12H10NO2S/c14-16(15,12-9-5-2-6-10-12)13-11-7-3-1-4-8-11/h1-5,7-10,13H. The van der Waals surface area contributed by atoms with Gasteiger partial charge in [0.2, 0.25) is 0 Å². The Labute approximate surface area is 94.8 Å². The second kappa shape index (κ2) is 4.37. The predicted octanol–water partition coefficient (Wildman–Crippen LogP) is 2.29. The number of sulfonamides is 1. The van der Waals surface area contributed by atoms with Crippen molar-refractivity contribution in [3.63, 3.8) is 0 Å². The summed E-state index contributed by atoms with van der Waals surface area (Å²) in [6, 6.07) is 17.8. The third kappa shape index (κ3) is 2.41. The van der Waals surface area contributed by atoms with Crippen molar-refractivity contribution in [3.8, 4) is 0 Å². The van der Waals surface area contributed by atoms with E-state index in [0.717, 1.165) is 0 Å². The largest absolute Gasteiger partial charge is 0.280 e. The monoisotopic (exact) mass is 232 g/mol. The number of hydrogen-bond donors (Lipinski definition) is 1. The van der Waals surface area contributed by atoms with E-state index in [2.05, 4.69) is 10.8 Å². The minimum atomic E-state index is -3.49. The normalized spacial score (nSPS) is 11.0. The van der Waals surface area contributed by atoms with Crippen LogP contribution in [0.15, 0.2) is 59.5 Å². The molecule has 0 aliphatic carbocycles. The van der Waals surface area contributed by atoms with Gasteiger partial charge in [0.05, 0.1) is 4.90 Å². The molecule has 0 spiro atoms. The predicted molar refractivity (Wildman–Crippen MR) is 62.5 cm³/mol. The van der Waals surface area contributed by atoms with E-state index in [1.54, 1.807) is 36.4 Å². The number of hydrogen-bond acceptors (Lipinski definition) is 2. The van der Waals surface area contributed by atoms with Crippen molar-refractivity contribution in [2.24, 2.45) is 0 Å². The zero-order valence-electron chi connectivity index (χ0n) is 8.42. The van der Waals surface area contributed by atoms with Gasteiger partial charge in [-0.15, -0.1) is 0 Å². The molecule has 0 aliphatic heterocycles. The fourth-order valence-corrected chi connectivity index (χ4v) is 2.31. The molecular formula is C12H10NO2S. The van der Waals surface area contributed by atoms with E-state index in [-0.39, 0.29) is 4.90 Å². The zero-order chi connectivity index (χ0) is 11.4. The maximum Gasteiger partial charge on any atom is 0.261 e. The molecule has 0 fully saturated rings. The molecule has 0 amide bonds. The smallest absolute Gasteiger partial charge is 0.261 e. The Morgan fingerprint density at radius 3 is 2.38 bits per heavy atom. The summed E-state index contributed by atoms with van der Waals surface area (Å²) in [5.41, 5.74) is 0.548. The Morgan fingerprint density at radius 1 is 1.00 bits per heavy atom. The molecular weight excluding hydrogens is 222 g/mol. The first-order valence-electron chi connectivity index (χ1n) is 4.72. The van der Waals surface area contributed by atoms with Crippen LogP contribution >= 0.6 is 0 Å². The van der Waals surface area contributed by atoms with Crippen LogP contribution in [0.4, 0.5) is 5.69 Å². The first-order chi connectivity index (χ1) is 7.68. The van der Waals surface area contributed by atoms with Gasteiger partial charge in [0, 0.05) is 5.69 Å². The van der Waals surface area contributed by atoms with Crippen LogP contribution in [0.3, 0.4) is 0 Å². The molecule has 4 heteroatoms. The second-order valence-corrected chi connectivity index (χ2v) is 4.89. The van der Waals surface area contributed by atoms with Crippen LogP contribution in [0.2, 0.25) is 0 Å². The van der Waals surface area contributed by atoms with Crippen molar-refractivity contribution in [2.75, 3.05) is 4.72 Å². The molecule has 1 N–H and O–H groups in total. The summed E-state index contributed by atoms with van der Waals surface area (Å²) in [6.45, 7) is 0. The Morgan fingerprint density at radius 2 is 1.75 bits per heavy atom. The van der Waals surface area contributed by atoms with Crippen molar-refractivity contribution >= 4 is 15.7 Å². The van der Waals surface area contributed by atoms with E-state index in [0.29, 0.717) is 5.69 Å². The number of benzene rings is 2. The lowest BCUT2D eigenvalue weighted by Gasteiger charge is -2.07. The SMILES string of the molecule is O=S(=O)(Nc1ccccc1)c1c[c]ccc1. The summed E-state index contributed by atoms with van der Waals surface area (Å²) in [6.07, 6.45) is 0. The molecule has 0 atom stereocenters. The highest BCUT2D eigenvalue weighted by atomic mass is 32.2. The van der Waals surface area contributed by atoms with Crippen molar-refractivity contribution in [1.29, 1.82) is 0 Å². The van der Waals surface area contributed by atoms with Gasteiger partial charge in [-0.2, -0.15) is 0 Å². The third-order valence-corrected chi connectivity index (χ3v) is 3.39. The molecule has 81 valence electrons. The maximum atomic E-state index is 11.9. The van der Waals surface area contributed by atoms with Crippen molar-refractivity contribution < 1.29 is 8.42 Å². The molecule has 0 aliphatic rings. The number of rotatable bonds is 3. The van der Waals surface area contributed by atoms with E-state index >= 15 is 0 Å². The highest BCUT2D eigenvalue weighted by molar-refractivity contribution is 7.92. The highest BCUT2D eigenvalue weighted by Crippen LogP contribution is 2.14. The highest BCUT2D eigenvalue weighted by Gasteiger charge is 2.12. The summed E-state index contributed by atoms with van der Waals surface area (Å²) in [5, 5.41) is 0. The second-order valence-electron chi connectivity index (χ2n) is 3.21. The molecule has 3 nitrogen and oxygen atoms in total. The van der Waals surface area contributed by atoms with E-state index in [1.807, 2.05) is 6.07 Å². The Balaban J connectivity index is 2.29. The van der Waals surface area contributed by atoms with Crippen LogP contribution in [-0.4, -0.2) is 8.42 Å². The first-order valence-corrected chi connectivity index (χ1v) is 6.21. The minimum Gasteiger partial charge on any atom is -0.280 e.